The van der Waals surface area contributed by atoms with E-state index in [2.05, 4.69) is 10.6 Å². The van der Waals surface area contributed by atoms with Crippen LogP contribution in [0.25, 0.3) is 0 Å². The van der Waals surface area contributed by atoms with Crippen LogP contribution in [0.4, 0.5) is 0 Å². The maximum absolute atomic E-state index is 12.4. The van der Waals surface area contributed by atoms with Crippen LogP contribution in [0.5, 0.6) is 0 Å². The second kappa shape index (κ2) is 9.76. The highest BCUT2D eigenvalue weighted by Crippen LogP contribution is 2.21. The van der Waals surface area contributed by atoms with E-state index in [9.17, 15) is 14.4 Å². The summed E-state index contributed by atoms with van der Waals surface area (Å²) in [7, 11) is 0. The predicted octanol–water partition coefficient (Wildman–Crippen LogP) is 3.14. The van der Waals surface area contributed by atoms with Crippen LogP contribution in [0.15, 0.2) is 48.5 Å². The number of carbonyl (C=O) groups is 3. The summed E-state index contributed by atoms with van der Waals surface area (Å²) in [4.78, 5) is 38.5. The molecule has 1 aliphatic heterocycles. The first-order chi connectivity index (χ1) is 13.9. The Hall–Kier alpha value is -2.57. The molecule has 0 spiro atoms. The molecule has 0 aliphatic carbocycles. The van der Waals surface area contributed by atoms with Gasteiger partial charge in [0.05, 0.1) is 17.1 Å². The van der Waals surface area contributed by atoms with E-state index in [4.69, 9.17) is 23.2 Å². The molecule has 152 valence electrons. The quantitative estimate of drug-likeness (QED) is 0.759. The van der Waals surface area contributed by atoms with Crippen LogP contribution in [-0.2, 0) is 4.79 Å². The number of hydrogen-bond acceptors (Lipinski definition) is 3. The summed E-state index contributed by atoms with van der Waals surface area (Å²) in [6.45, 7) is 0.964. The van der Waals surface area contributed by atoms with Gasteiger partial charge in [-0.3, -0.25) is 14.4 Å². The van der Waals surface area contributed by atoms with Gasteiger partial charge in [-0.2, -0.15) is 0 Å². The topological polar surface area (TPSA) is 78.5 Å². The molecule has 8 heteroatoms. The molecule has 1 aliphatic rings. The SMILES string of the molecule is O=C(NCC(=O)N1CCC(NC(=O)c2cc(Cl)ccc2Cl)CC1)c1ccccc1. The number of rotatable bonds is 5. The first-order valence-corrected chi connectivity index (χ1v) is 10.1. The van der Waals surface area contributed by atoms with Crippen molar-refractivity contribution < 1.29 is 14.4 Å². The highest BCUT2D eigenvalue weighted by atomic mass is 35.5. The van der Waals surface area contributed by atoms with Gasteiger partial charge in [0.25, 0.3) is 11.8 Å². The van der Waals surface area contributed by atoms with Crippen LogP contribution in [0, 0.1) is 0 Å². The summed E-state index contributed by atoms with van der Waals surface area (Å²) in [6.07, 6.45) is 1.25. The fourth-order valence-electron chi connectivity index (χ4n) is 3.17. The average Bonchev–Trinajstić information content (AvgIpc) is 2.74. The molecule has 29 heavy (non-hydrogen) atoms. The maximum Gasteiger partial charge on any atom is 0.253 e. The first kappa shape index (κ1) is 21.1. The Bertz CT molecular complexity index is 897. The summed E-state index contributed by atoms with van der Waals surface area (Å²) in [5.74, 6) is -0.700. The number of likely N-dealkylation sites (tertiary alicyclic amines) is 1. The minimum atomic E-state index is -0.280. The van der Waals surface area contributed by atoms with Gasteiger partial charge in [-0.1, -0.05) is 41.4 Å². The zero-order valence-corrected chi connectivity index (χ0v) is 17.2. The molecule has 1 heterocycles. The Morgan fingerprint density at radius 3 is 2.34 bits per heavy atom. The molecule has 1 fully saturated rings. The molecule has 0 radical (unpaired) electrons. The van der Waals surface area contributed by atoms with E-state index < -0.39 is 0 Å². The van der Waals surface area contributed by atoms with Gasteiger partial charge in [0.2, 0.25) is 5.91 Å². The molecule has 3 amide bonds. The second-order valence-electron chi connectivity index (χ2n) is 6.80. The molecule has 2 aromatic carbocycles. The van der Waals surface area contributed by atoms with Crippen molar-refractivity contribution in [3.8, 4) is 0 Å². The summed E-state index contributed by atoms with van der Waals surface area (Å²) < 4.78 is 0. The highest BCUT2D eigenvalue weighted by molar-refractivity contribution is 6.35. The molecule has 3 rings (SSSR count). The van der Waals surface area contributed by atoms with E-state index in [0.717, 1.165) is 0 Å². The number of amides is 3. The minimum Gasteiger partial charge on any atom is -0.349 e. The standard InChI is InChI=1S/C21H21Cl2N3O3/c22-15-6-7-18(23)17(12-15)21(29)25-16-8-10-26(11-9-16)19(27)13-24-20(28)14-4-2-1-3-5-14/h1-7,12,16H,8-11,13H2,(H,24,28)(H,25,29). The second-order valence-corrected chi connectivity index (χ2v) is 7.65. The number of nitrogens with one attached hydrogen (secondary N) is 2. The van der Waals surface area contributed by atoms with Gasteiger partial charge in [0, 0.05) is 29.7 Å². The van der Waals surface area contributed by atoms with Gasteiger partial charge in [0.15, 0.2) is 0 Å². The normalized spacial score (nSPS) is 14.3. The third kappa shape index (κ3) is 5.71. The van der Waals surface area contributed by atoms with E-state index in [1.54, 1.807) is 41.3 Å². The van der Waals surface area contributed by atoms with Crippen molar-refractivity contribution >= 4 is 40.9 Å². The average molecular weight is 434 g/mol. The first-order valence-electron chi connectivity index (χ1n) is 9.31. The lowest BCUT2D eigenvalue weighted by atomic mass is 10.0. The molecule has 0 aromatic heterocycles. The Balaban J connectivity index is 1.45. The number of benzene rings is 2. The van der Waals surface area contributed by atoms with Gasteiger partial charge < -0.3 is 15.5 Å². The van der Waals surface area contributed by atoms with Crippen LogP contribution < -0.4 is 10.6 Å². The summed E-state index contributed by atoms with van der Waals surface area (Å²) in [5.41, 5.74) is 0.850. The van der Waals surface area contributed by atoms with Crippen molar-refractivity contribution in [1.29, 1.82) is 0 Å². The monoisotopic (exact) mass is 433 g/mol. The largest absolute Gasteiger partial charge is 0.349 e. The van der Waals surface area contributed by atoms with E-state index >= 15 is 0 Å². The van der Waals surface area contributed by atoms with E-state index in [-0.39, 0.29) is 30.3 Å². The Labute approximate surface area is 179 Å². The van der Waals surface area contributed by atoms with Crippen molar-refractivity contribution in [3.63, 3.8) is 0 Å². The van der Waals surface area contributed by atoms with Crippen molar-refractivity contribution in [1.82, 2.24) is 15.5 Å². The van der Waals surface area contributed by atoms with Crippen LogP contribution in [0.3, 0.4) is 0 Å². The molecule has 6 nitrogen and oxygen atoms in total. The number of hydrogen-bond donors (Lipinski definition) is 2. The minimum absolute atomic E-state index is 0.0527. The number of piperidine rings is 1. The van der Waals surface area contributed by atoms with Gasteiger partial charge >= 0.3 is 0 Å². The lowest BCUT2D eigenvalue weighted by Gasteiger charge is -2.32. The zero-order valence-electron chi connectivity index (χ0n) is 15.7. The van der Waals surface area contributed by atoms with Gasteiger partial charge in [-0.25, -0.2) is 0 Å². The molecule has 1 saturated heterocycles. The number of carbonyl (C=O) groups excluding carboxylic acids is 3. The van der Waals surface area contributed by atoms with Gasteiger partial charge in [-0.15, -0.1) is 0 Å². The Kier molecular flexibility index (Phi) is 7.12. The Morgan fingerprint density at radius 2 is 1.66 bits per heavy atom. The third-order valence-electron chi connectivity index (χ3n) is 4.79. The van der Waals surface area contributed by atoms with Crippen molar-refractivity contribution in [3.05, 3.63) is 69.7 Å². The van der Waals surface area contributed by atoms with E-state index in [1.165, 1.54) is 6.07 Å². The van der Waals surface area contributed by atoms with E-state index in [1.807, 2.05) is 6.07 Å². The summed E-state index contributed by atoms with van der Waals surface area (Å²) >= 11 is 12.0. The molecular formula is C21H21Cl2N3O3. The molecule has 0 unspecified atom stereocenters. The highest BCUT2D eigenvalue weighted by Gasteiger charge is 2.25. The third-order valence-corrected chi connectivity index (χ3v) is 5.36. The van der Waals surface area contributed by atoms with Crippen molar-refractivity contribution in [2.75, 3.05) is 19.6 Å². The number of nitrogens with zero attached hydrogens (tertiary/aromatic N) is 1. The van der Waals surface area contributed by atoms with Crippen molar-refractivity contribution in [2.24, 2.45) is 0 Å². The van der Waals surface area contributed by atoms with Crippen LogP contribution in [0.1, 0.15) is 33.6 Å². The van der Waals surface area contributed by atoms with Gasteiger partial charge in [-0.05, 0) is 43.2 Å². The molecule has 0 bridgehead atoms. The Morgan fingerprint density at radius 1 is 0.966 bits per heavy atom. The maximum atomic E-state index is 12.4. The van der Waals surface area contributed by atoms with Crippen LogP contribution in [-0.4, -0.2) is 48.3 Å². The summed E-state index contributed by atoms with van der Waals surface area (Å²) in [6, 6.07) is 13.4. The van der Waals surface area contributed by atoms with Gasteiger partial charge in [0.1, 0.15) is 0 Å². The smallest absolute Gasteiger partial charge is 0.253 e. The predicted molar refractivity (Wildman–Crippen MR) is 112 cm³/mol. The molecular weight excluding hydrogens is 413 g/mol. The fraction of sp³-hybridized carbons (Fsp3) is 0.286. The molecule has 0 saturated carbocycles. The van der Waals surface area contributed by atoms with E-state index in [0.29, 0.717) is 47.1 Å². The molecule has 0 atom stereocenters. The number of halogens is 2. The lowest BCUT2D eigenvalue weighted by Crippen LogP contribution is -2.49. The zero-order chi connectivity index (χ0) is 20.8. The van der Waals surface area contributed by atoms with Crippen molar-refractivity contribution in [2.45, 2.75) is 18.9 Å². The molecule has 2 N–H and O–H groups in total. The fourth-order valence-corrected chi connectivity index (χ4v) is 3.54. The van der Waals surface area contributed by atoms with Crippen LogP contribution in [0.2, 0.25) is 10.0 Å². The lowest BCUT2D eigenvalue weighted by molar-refractivity contribution is -0.131. The van der Waals surface area contributed by atoms with Crippen LogP contribution >= 0.6 is 23.2 Å². The summed E-state index contributed by atoms with van der Waals surface area (Å²) in [5, 5.41) is 6.37. The molecule has 2 aromatic rings.